The number of fused-ring (bicyclic) bond motifs is 3. The molecule has 1 aromatic rings. The Bertz CT molecular complexity index is 1150. The second-order valence-corrected chi connectivity index (χ2v) is 11.7. The maximum Gasteiger partial charge on any atom is 0.408 e. The number of nitriles is 1. The number of amides is 3. The van der Waals surface area contributed by atoms with E-state index in [9.17, 15) is 24.0 Å². The van der Waals surface area contributed by atoms with Gasteiger partial charge in [0.2, 0.25) is 11.8 Å². The van der Waals surface area contributed by atoms with Gasteiger partial charge in [0.15, 0.2) is 0 Å². The van der Waals surface area contributed by atoms with Crippen LogP contribution in [0.2, 0.25) is 0 Å². The molecule has 3 heterocycles. The summed E-state index contributed by atoms with van der Waals surface area (Å²) in [5.41, 5.74) is 0.000812. The number of rotatable bonds is 6. The fourth-order valence-corrected chi connectivity index (χ4v) is 6.26. The Labute approximate surface area is 216 Å². The Morgan fingerprint density at radius 2 is 2.03 bits per heavy atom. The highest BCUT2D eigenvalue weighted by Gasteiger charge is 2.56. The molecule has 2 bridgehead atoms. The summed E-state index contributed by atoms with van der Waals surface area (Å²) in [6.45, 7) is 7.84. The molecular weight excluding hydrogens is 477 g/mol. The lowest BCUT2D eigenvalue weighted by Crippen LogP contribution is -2.59. The molecule has 9 nitrogen and oxygen atoms in total. The van der Waals surface area contributed by atoms with Crippen LogP contribution in [0.4, 0.5) is 9.18 Å². The first kappa shape index (κ1) is 25.5. The highest BCUT2D eigenvalue weighted by Crippen LogP contribution is 2.48. The van der Waals surface area contributed by atoms with Crippen LogP contribution >= 0.6 is 0 Å². The zero-order chi connectivity index (χ0) is 26.6. The molecule has 0 radical (unpaired) electrons. The minimum atomic E-state index is -0.939. The molecule has 1 N–H and O–H groups in total. The molecule has 0 spiro atoms. The Morgan fingerprint density at radius 3 is 2.68 bits per heavy atom. The van der Waals surface area contributed by atoms with Gasteiger partial charge in [-0.05, 0) is 70.6 Å². The summed E-state index contributed by atoms with van der Waals surface area (Å²) in [5, 5.41) is 12.3. The number of carbonyl (C=O) groups excluding carboxylic acids is 3. The molecule has 1 aromatic carbocycles. The van der Waals surface area contributed by atoms with Crippen molar-refractivity contribution in [2.24, 2.45) is 5.92 Å². The standard InChI is InChI=1S/C27H34FN5O4/c1-15(16-6-5-7-18(28)8-16)32-20-11-23(25(32)35)31(13-20)14-21(30-26(36)37-27(2,3)4)24(34)33-19(12-29)9-17-10-22(17)33/h5-8,15,17,19-23H,9-11,13-14H2,1-4H3,(H,30,36)/t15-,17+,19-,20?,21-,22-,23+/m0/s1. The van der Waals surface area contributed by atoms with Gasteiger partial charge in [0.05, 0.1) is 18.2 Å². The number of hydrogen-bond donors (Lipinski definition) is 1. The molecule has 1 saturated carbocycles. The number of piperazine rings is 1. The van der Waals surface area contributed by atoms with E-state index in [2.05, 4.69) is 11.4 Å². The zero-order valence-electron chi connectivity index (χ0n) is 21.7. The van der Waals surface area contributed by atoms with Gasteiger partial charge in [0, 0.05) is 25.2 Å². The molecule has 3 amide bonds. The second kappa shape index (κ2) is 9.28. The van der Waals surface area contributed by atoms with E-state index in [1.54, 1.807) is 31.7 Å². The highest BCUT2D eigenvalue weighted by atomic mass is 19.1. The number of piperidine rings is 1. The summed E-state index contributed by atoms with van der Waals surface area (Å²) in [5.74, 6) is -0.358. The summed E-state index contributed by atoms with van der Waals surface area (Å²) >= 11 is 0. The van der Waals surface area contributed by atoms with Crippen LogP contribution in [0.3, 0.4) is 0 Å². The molecule has 1 unspecified atom stereocenters. The van der Waals surface area contributed by atoms with Crippen LogP contribution in [-0.4, -0.2) is 81.5 Å². The fourth-order valence-electron chi connectivity index (χ4n) is 6.26. The van der Waals surface area contributed by atoms with Gasteiger partial charge in [-0.1, -0.05) is 12.1 Å². The van der Waals surface area contributed by atoms with Gasteiger partial charge in [0.1, 0.15) is 23.5 Å². The second-order valence-electron chi connectivity index (χ2n) is 11.7. The number of hydrogen-bond acceptors (Lipinski definition) is 6. The highest BCUT2D eigenvalue weighted by molar-refractivity contribution is 5.89. The van der Waals surface area contributed by atoms with Crippen LogP contribution in [0.25, 0.3) is 0 Å². The Balaban J connectivity index is 1.31. The van der Waals surface area contributed by atoms with Crippen LogP contribution in [-0.2, 0) is 14.3 Å². The molecule has 4 fully saturated rings. The molecular formula is C27H34FN5O4. The van der Waals surface area contributed by atoms with E-state index in [1.165, 1.54) is 12.1 Å². The molecule has 3 saturated heterocycles. The van der Waals surface area contributed by atoms with Crippen molar-refractivity contribution < 1.29 is 23.5 Å². The van der Waals surface area contributed by atoms with E-state index >= 15 is 0 Å². The van der Waals surface area contributed by atoms with E-state index in [-0.39, 0.29) is 42.3 Å². The Hall–Kier alpha value is -3.19. The molecule has 5 rings (SSSR count). The van der Waals surface area contributed by atoms with Crippen LogP contribution < -0.4 is 5.32 Å². The molecule has 4 aliphatic rings. The van der Waals surface area contributed by atoms with E-state index in [4.69, 9.17) is 4.74 Å². The lowest BCUT2D eigenvalue weighted by atomic mass is 10.1. The molecule has 1 aliphatic carbocycles. The number of benzene rings is 1. The third-order valence-corrected chi connectivity index (χ3v) is 7.98. The van der Waals surface area contributed by atoms with Crippen LogP contribution in [0.15, 0.2) is 24.3 Å². The lowest BCUT2D eigenvalue weighted by Gasteiger charge is -2.39. The molecule has 198 valence electrons. The van der Waals surface area contributed by atoms with Crippen molar-refractivity contribution in [2.75, 3.05) is 13.1 Å². The number of alkyl carbamates (subject to hydrolysis) is 1. The SMILES string of the molecule is C[C@@H](c1cccc(F)c1)N1C(=O)[C@H]2CC1CN2C[C@H](NC(=O)OC(C)(C)C)C(=O)N1[C@H](C#N)C[C@@H]2C[C@@H]21. The normalized spacial score (nSPS) is 30.1. The fraction of sp³-hybridized carbons (Fsp3) is 0.630. The average Bonchev–Trinajstić information content (AvgIpc) is 3.15. The first-order valence-corrected chi connectivity index (χ1v) is 13.0. The number of carbonyl (C=O) groups is 3. The van der Waals surface area contributed by atoms with Crippen molar-refractivity contribution in [2.45, 2.75) is 88.8 Å². The van der Waals surface area contributed by atoms with E-state index < -0.39 is 29.8 Å². The van der Waals surface area contributed by atoms with Crippen LogP contribution in [0.5, 0.6) is 0 Å². The molecule has 0 aromatic heterocycles. The van der Waals surface area contributed by atoms with Gasteiger partial charge in [-0.2, -0.15) is 5.26 Å². The largest absolute Gasteiger partial charge is 0.444 e. The van der Waals surface area contributed by atoms with Gasteiger partial charge >= 0.3 is 6.09 Å². The Kier molecular flexibility index (Phi) is 6.39. The summed E-state index contributed by atoms with van der Waals surface area (Å²) in [6.07, 6.45) is 1.44. The van der Waals surface area contributed by atoms with Crippen molar-refractivity contribution >= 4 is 17.9 Å². The van der Waals surface area contributed by atoms with Crippen molar-refractivity contribution in [3.05, 3.63) is 35.6 Å². The minimum absolute atomic E-state index is 0.0411. The van der Waals surface area contributed by atoms with Gasteiger partial charge in [0.25, 0.3) is 0 Å². The molecule has 3 aliphatic heterocycles. The average molecular weight is 512 g/mol. The number of nitrogens with one attached hydrogen (secondary N) is 1. The number of ether oxygens (including phenoxy) is 1. The smallest absolute Gasteiger partial charge is 0.408 e. The number of likely N-dealkylation sites (tertiary alicyclic amines) is 3. The monoisotopic (exact) mass is 511 g/mol. The van der Waals surface area contributed by atoms with Gasteiger partial charge in [-0.25, -0.2) is 9.18 Å². The summed E-state index contributed by atoms with van der Waals surface area (Å²) in [7, 11) is 0. The number of halogens is 1. The topological polar surface area (TPSA) is 106 Å². The molecule has 7 atom stereocenters. The molecule has 10 heteroatoms. The van der Waals surface area contributed by atoms with Gasteiger partial charge < -0.3 is 19.9 Å². The van der Waals surface area contributed by atoms with Gasteiger partial charge in [-0.3, -0.25) is 14.5 Å². The van der Waals surface area contributed by atoms with Crippen LogP contribution in [0.1, 0.15) is 58.6 Å². The third kappa shape index (κ3) is 4.89. The van der Waals surface area contributed by atoms with E-state index in [0.29, 0.717) is 25.3 Å². The van der Waals surface area contributed by atoms with Crippen molar-refractivity contribution in [1.29, 1.82) is 5.26 Å². The third-order valence-electron chi connectivity index (χ3n) is 7.98. The first-order chi connectivity index (χ1) is 17.5. The quantitative estimate of drug-likeness (QED) is 0.629. The van der Waals surface area contributed by atoms with Crippen molar-refractivity contribution in [3.63, 3.8) is 0 Å². The maximum absolute atomic E-state index is 13.8. The van der Waals surface area contributed by atoms with Crippen LogP contribution in [0, 0.1) is 23.1 Å². The van der Waals surface area contributed by atoms with E-state index in [1.807, 2.05) is 22.8 Å². The minimum Gasteiger partial charge on any atom is -0.444 e. The summed E-state index contributed by atoms with van der Waals surface area (Å²) < 4.78 is 19.2. The summed E-state index contributed by atoms with van der Waals surface area (Å²) in [4.78, 5) is 45.1. The zero-order valence-corrected chi connectivity index (χ0v) is 21.7. The van der Waals surface area contributed by atoms with Crippen molar-refractivity contribution in [3.8, 4) is 6.07 Å². The Morgan fingerprint density at radius 1 is 1.27 bits per heavy atom. The molecule has 37 heavy (non-hydrogen) atoms. The lowest BCUT2D eigenvalue weighted by molar-refractivity contribution is -0.141. The predicted octanol–water partition coefficient (Wildman–Crippen LogP) is 2.58. The predicted molar refractivity (Wildman–Crippen MR) is 131 cm³/mol. The van der Waals surface area contributed by atoms with E-state index in [0.717, 1.165) is 12.0 Å². The first-order valence-electron chi connectivity index (χ1n) is 13.0. The summed E-state index contributed by atoms with van der Waals surface area (Å²) in [6, 6.07) is 6.36. The number of nitrogens with zero attached hydrogens (tertiary/aromatic N) is 4. The van der Waals surface area contributed by atoms with Gasteiger partial charge in [-0.15, -0.1) is 0 Å². The maximum atomic E-state index is 13.8. The van der Waals surface area contributed by atoms with Crippen molar-refractivity contribution in [1.82, 2.24) is 20.0 Å².